The van der Waals surface area contributed by atoms with Gasteiger partial charge in [-0.05, 0) is 17.7 Å². The maximum atomic E-state index is 5.80. The maximum absolute atomic E-state index is 5.80. The summed E-state index contributed by atoms with van der Waals surface area (Å²) in [5, 5.41) is 0. The topological polar surface area (TPSA) is 38.5 Å². The summed E-state index contributed by atoms with van der Waals surface area (Å²) in [4.78, 5) is 2.38. The number of hydrogen-bond acceptors (Lipinski definition) is 3. The van der Waals surface area contributed by atoms with Gasteiger partial charge in [0.25, 0.3) is 0 Å². The van der Waals surface area contributed by atoms with Crippen LogP contribution in [-0.4, -0.2) is 30.6 Å². The van der Waals surface area contributed by atoms with E-state index >= 15 is 0 Å². The summed E-state index contributed by atoms with van der Waals surface area (Å²) >= 11 is 0. The SMILES string of the molecule is CCN1CC(OCc2ccc(CN)cc2)C1. The van der Waals surface area contributed by atoms with Crippen molar-refractivity contribution in [2.75, 3.05) is 19.6 Å². The molecule has 0 radical (unpaired) electrons. The second-order valence-corrected chi connectivity index (χ2v) is 4.31. The van der Waals surface area contributed by atoms with Gasteiger partial charge in [0, 0.05) is 19.6 Å². The normalized spacial score (nSPS) is 17.4. The minimum Gasteiger partial charge on any atom is -0.371 e. The van der Waals surface area contributed by atoms with Gasteiger partial charge in [-0.3, -0.25) is 4.90 Å². The van der Waals surface area contributed by atoms with Crippen LogP contribution in [0.4, 0.5) is 0 Å². The minimum atomic E-state index is 0.425. The van der Waals surface area contributed by atoms with Crippen LogP contribution in [0.15, 0.2) is 24.3 Å². The Labute approximate surface area is 97.2 Å². The van der Waals surface area contributed by atoms with Crippen molar-refractivity contribution in [1.29, 1.82) is 0 Å². The highest BCUT2D eigenvalue weighted by Gasteiger charge is 2.25. The molecule has 0 aliphatic carbocycles. The molecular formula is C13H20N2O. The van der Waals surface area contributed by atoms with Crippen molar-refractivity contribution >= 4 is 0 Å². The molecule has 3 heteroatoms. The molecule has 0 spiro atoms. The predicted molar refractivity (Wildman–Crippen MR) is 65.0 cm³/mol. The fourth-order valence-corrected chi connectivity index (χ4v) is 1.87. The van der Waals surface area contributed by atoms with Crippen molar-refractivity contribution in [3.05, 3.63) is 35.4 Å². The lowest BCUT2D eigenvalue weighted by Crippen LogP contribution is -2.51. The number of nitrogens with zero attached hydrogens (tertiary/aromatic N) is 1. The molecule has 1 aromatic rings. The Bertz CT molecular complexity index is 317. The van der Waals surface area contributed by atoms with Crippen molar-refractivity contribution in [1.82, 2.24) is 4.90 Å². The van der Waals surface area contributed by atoms with E-state index in [1.165, 1.54) is 11.1 Å². The van der Waals surface area contributed by atoms with Gasteiger partial charge in [0.15, 0.2) is 0 Å². The standard InChI is InChI=1S/C13H20N2O/c1-2-15-8-13(9-15)16-10-12-5-3-11(7-14)4-6-12/h3-6,13H,2,7-10,14H2,1H3. The summed E-state index contributed by atoms with van der Waals surface area (Å²) in [6.45, 7) is 6.80. The summed E-state index contributed by atoms with van der Waals surface area (Å²) < 4.78 is 5.80. The van der Waals surface area contributed by atoms with Crippen molar-refractivity contribution in [3.63, 3.8) is 0 Å². The Balaban J connectivity index is 1.73. The second-order valence-electron chi connectivity index (χ2n) is 4.31. The molecule has 0 atom stereocenters. The Hall–Kier alpha value is -0.900. The smallest absolute Gasteiger partial charge is 0.0833 e. The van der Waals surface area contributed by atoms with Crippen LogP contribution in [0.2, 0.25) is 0 Å². The van der Waals surface area contributed by atoms with Crippen LogP contribution >= 0.6 is 0 Å². The molecule has 1 aromatic carbocycles. The fourth-order valence-electron chi connectivity index (χ4n) is 1.87. The van der Waals surface area contributed by atoms with E-state index in [2.05, 4.69) is 36.1 Å². The highest BCUT2D eigenvalue weighted by Crippen LogP contribution is 2.13. The van der Waals surface area contributed by atoms with Gasteiger partial charge in [-0.1, -0.05) is 31.2 Å². The summed E-state index contributed by atoms with van der Waals surface area (Å²) in [5.41, 5.74) is 7.95. The number of rotatable bonds is 5. The molecule has 3 nitrogen and oxygen atoms in total. The van der Waals surface area contributed by atoms with Gasteiger partial charge < -0.3 is 10.5 Å². The number of hydrogen-bond donors (Lipinski definition) is 1. The van der Waals surface area contributed by atoms with Gasteiger partial charge in [0.2, 0.25) is 0 Å². The largest absolute Gasteiger partial charge is 0.371 e. The van der Waals surface area contributed by atoms with Crippen molar-refractivity contribution < 1.29 is 4.74 Å². The first-order valence-corrected chi connectivity index (χ1v) is 5.93. The molecule has 2 N–H and O–H groups in total. The molecule has 1 fully saturated rings. The lowest BCUT2D eigenvalue weighted by Gasteiger charge is -2.38. The molecule has 0 bridgehead atoms. The number of ether oxygens (including phenoxy) is 1. The fraction of sp³-hybridized carbons (Fsp3) is 0.538. The Morgan fingerprint density at radius 3 is 2.44 bits per heavy atom. The molecule has 0 aromatic heterocycles. The molecular weight excluding hydrogens is 200 g/mol. The Morgan fingerprint density at radius 1 is 1.25 bits per heavy atom. The quantitative estimate of drug-likeness (QED) is 0.814. The van der Waals surface area contributed by atoms with Crippen molar-refractivity contribution in [2.24, 2.45) is 5.73 Å². The molecule has 88 valence electrons. The number of likely N-dealkylation sites (tertiary alicyclic amines) is 1. The Morgan fingerprint density at radius 2 is 1.88 bits per heavy atom. The van der Waals surface area contributed by atoms with E-state index in [-0.39, 0.29) is 0 Å². The molecule has 1 saturated heterocycles. The average molecular weight is 220 g/mol. The molecule has 1 aliphatic heterocycles. The second kappa shape index (κ2) is 5.43. The van der Waals surface area contributed by atoms with E-state index in [9.17, 15) is 0 Å². The van der Waals surface area contributed by atoms with Crippen LogP contribution in [0.5, 0.6) is 0 Å². The number of nitrogens with two attached hydrogens (primary N) is 1. The zero-order valence-corrected chi connectivity index (χ0v) is 9.86. The first-order chi connectivity index (χ1) is 7.81. The summed E-state index contributed by atoms with van der Waals surface area (Å²) in [7, 11) is 0. The van der Waals surface area contributed by atoms with Crippen LogP contribution in [0.3, 0.4) is 0 Å². The van der Waals surface area contributed by atoms with Crippen LogP contribution in [-0.2, 0) is 17.9 Å². The van der Waals surface area contributed by atoms with Gasteiger partial charge in [0.1, 0.15) is 0 Å². The van der Waals surface area contributed by atoms with Crippen LogP contribution in [0, 0.1) is 0 Å². The van der Waals surface area contributed by atoms with Gasteiger partial charge in [-0.2, -0.15) is 0 Å². The first-order valence-electron chi connectivity index (χ1n) is 5.93. The molecule has 0 unspecified atom stereocenters. The molecule has 1 heterocycles. The first kappa shape index (κ1) is 11.6. The van der Waals surface area contributed by atoms with E-state index in [1.54, 1.807) is 0 Å². The zero-order chi connectivity index (χ0) is 11.4. The van der Waals surface area contributed by atoms with Gasteiger partial charge in [-0.15, -0.1) is 0 Å². The summed E-state index contributed by atoms with van der Waals surface area (Å²) in [6, 6.07) is 8.33. The van der Waals surface area contributed by atoms with Crippen LogP contribution in [0.1, 0.15) is 18.1 Å². The third-order valence-electron chi connectivity index (χ3n) is 3.12. The number of benzene rings is 1. The van der Waals surface area contributed by atoms with Gasteiger partial charge >= 0.3 is 0 Å². The summed E-state index contributed by atoms with van der Waals surface area (Å²) in [5.74, 6) is 0. The lowest BCUT2D eigenvalue weighted by molar-refractivity contribution is -0.0603. The third kappa shape index (κ3) is 2.82. The van der Waals surface area contributed by atoms with Crippen molar-refractivity contribution in [3.8, 4) is 0 Å². The highest BCUT2D eigenvalue weighted by molar-refractivity contribution is 5.21. The van der Waals surface area contributed by atoms with E-state index in [0.717, 1.165) is 19.6 Å². The van der Waals surface area contributed by atoms with E-state index in [0.29, 0.717) is 19.3 Å². The van der Waals surface area contributed by atoms with Crippen LogP contribution in [0.25, 0.3) is 0 Å². The van der Waals surface area contributed by atoms with E-state index in [4.69, 9.17) is 10.5 Å². The third-order valence-corrected chi connectivity index (χ3v) is 3.12. The average Bonchev–Trinajstić information content (AvgIpc) is 2.28. The van der Waals surface area contributed by atoms with Gasteiger partial charge in [-0.25, -0.2) is 0 Å². The highest BCUT2D eigenvalue weighted by atomic mass is 16.5. The maximum Gasteiger partial charge on any atom is 0.0833 e. The molecule has 0 saturated carbocycles. The molecule has 1 aliphatic rings. The van der Waals surface area contributed by atoms with E-state index < -0.39 is 0 Å². The van der Waals surface area contributed by atoms with E-state index in [1.807, 2.05) is 0 Å². The van der Waals surface area contributed by atoms with Crippen molar-refractivity contribution in [2.45, 2.75) is 26.2 Å². The minimum absolute atomic E-state index is 0.425. The van der Waals surface area contributed by atoms with Crippen LogP contribution < -0.4 is 5.73 Å². The number of likely N-dealkylation sites (N-methyl/N-ethyl adjacent to an activating group) is 1. The Kier molecular flexibility index (Phi) is 3.93. The lowest BCUT2D eigenvalue weighted by atomic mass is 10.1. The zero-order valence-electron chi connectivity index (χ0n) is 9.86. The molecule has 2 rings (SSSR count). The van der Waals surface area contributed by atoms with Gasteiger partial charge in [0.05, 0.1) is 12.7 Å². The molecule has 0 amide bonds. The molecule has 16 heavy (non-hydrogen) atoms. The monoisotopic (exact) mass is 220 g/mol. The predicted octanol–water partition coefficient (Wildman–Crippen LogP) is 1.37. The summed E-state index contributed by atoms with van der Waals surface area (Å²) in [6.07, 6.45) is 0.425.